The molecule has 0 spiro atoms. The van der Waals surface area contributed by atoms with E-state index in [1.54, 1.807) is 0 Å². The molecule has 6 rings (SSSR count). The first kappa shape index (κ1) is 21.1. The highest BCUT2D eigenvalue weighted by molar-refractivity contribution is 5.74. The fraction of sp³-hybridized carbons (Fsp3) is 0.200. The summed E-state index contributed by atoms with van der Waals surface area (Å²) in [6.45, 7) is 0. The number of nitrogens with zero attached hydrogens (tertiary/aromatic N) is 1. The molecule has 3 heteroatoms. The molecule has 1 aliphatic heterocycles. The summed E-state index contributed by atoms with van der Waals surface area (Å²) in [6, 6.07) is 21.3. The Morgan fingerprint density at radius 2 is 1.73 bits per heavy atom. The van der Waals surface area contributed by atoms with E-state index in [4.69, 9.17) is 4.74 Å². The molecule has 3 aromatic carbocycles. The number of hydrogen-bond donors (Lipinski definition) is 0. The predicted octanol–water partition coefficient (Wildman–Crippen LogP) is 4.11. The van der Waals surface area contributed by atoms with Crippen LogP contribution in [0, 0.1) is 16.4 Å². The molecule has 1 heterocycles. The Bertz CT molecular complexity index is 1480. The van der Waals surface area contributed by atoms with Crippen molar-refractivity contribution in [2.45, 2.75) is 25.7 Å². The maximum Gasteiger partial charge on any atom is 0.309 e. The van der Waals surface area contributed by atoms with Gasteiger partial charge in [-0.2, -0.15) is 0 Å². The number of carbonyl (C=O) groups is 1. The highest BCUT2D eigenvalue weighted by atomic mass is 16.5. The zero-order chi connectivity index (χ0) is 22.6. The van der Waals surface area contributed by atoms with Gasteiger partial charge in [-0.15, -0.1) is 0 Å². The van der Waals surface area contributed by atoms with Gasteiger partial charge in [0, 0.05) is 18.8 Å². The van der Waals surface area contributed by atoms with Crippen molar-refractivity contribution in [3.05, 3.63) is 110 Å². The van der Waals surface area contributed by atoms with Crippen LogP contribution in [0.4, 0.5) is 0 Å². The monoisotopic (exact) mass is 433 g/mol. The molecule has 0 N–H and O–H groups in total. The summed E-state index contributed by atoms with van der Waals surface area (Å²) in [5, 5.41) is 5.20. The van der Waals surface area contributed by atoms with E-state index in [0.29, 0.717) is 0 Å². The van der Waals surface area contributed by atoms with Gasteiger partial charge in [-0.1, -0.05) is 72.8 Å². The molecule has 1 unspecified atom stereocenters. The van der Waals surface area contributed by atoms with E-state index < -0.39 is 0 Å². The molecule has 3 aliphatic rings. The average Bonchev–Trinajstić information content (AvgIpc) is 3.13. The minimum Gasteiger partial charge on any atom is -0.469 e. The normalized spacial score (nSPS) is 16.8. The largest absolute Gasteiger partial charge is 0.469 e. The highest BCUT2D eigenvalue weighted by Gasteiger charge is 2.24. The molecule has 0 amide bonds. The van der Waals surface area contributed by atoms with Crippen molar-refractivity contribution in [2.24, 2.45) is 10.9 Å². The van der Waals surface area contributed by atoms with Crippen LogP contribution in [0.5, 0.6) is 0 Å². The first-order valence-electron chi connectivity index (χ1n) is 11.5. The van der Waals surface area contributed by atoms with Gasteiger partial charge in [0.15, 0.2) is 0 Å². The third-order valence-electron chi connectivity index (χ3n) is 6.66. The molecule has 3 aromatic rings. The lowest BCUT2D eigenvalue weighted by molar-refractivity contribution is -0.145. The quantitative estimate of drug-likeness (QED) is 0.542. The number of hydrogen-bond acceptors (Lipinski definition) is 3. The number of methoxy groups -OCH3 is 1. The number of fused-ring (bicyclic) bond motifs is 5. The molecule has 0 radical (unpaired) electrons. The Labute approximate surface area is 193 Å². The van der Waals surface area contributed by atoms with Gasteiger partial charge < -0.3 is 4.74 Å². The van der Waals surface area contributed by atoms with Gasteiger partial charge in [-0.05, 0) is 68.5 Å². The third kappa shape index (κ3) is 4.31. The van der Waals surface area contributed by atoms with Gasteiger partial charge in [0.1, 0.15) is 0 Å². The average molecular weight is 434 g/mol. The van der Waals surface area contributed by atoms with E-state index in [2.05, 4.69) is 77.8 Å². The van der Waals surface area contributed by atoms with Crippen LogP contribution in [0.3, 0.4) is 0 Å². The van der Waals surface area contributed by atoms with Crippen molar-refractivity contribution in [3.63, 3.8) is 0 Å². The maximum absolute atomic E-state index is 11.9. The first-order chi connectivity index (χ1) is 16.2. The standard InChI is InChI=1S/C20H18O2.C10H9N/c1-22-20(21)15-7-6-14-9-10-17-16-5-3-2-4-13(16)8-11-18(17)19(14)12-15;1-2-4-10-6-8-11-7-5-9(10)3-1/h2-6,8-10,15H,7,11-12H2,1H3;1-5,7-8H,6H2. The lowest BCUT2D eigenvalue weighted by Crippen LogP contribution is -2.28. The summed E-state index contributed by atoms with van der Waals surface area (Å²) in [5.74, 6) is -0.138. The molecule has 2 aliphatic carbocycles. The molecule has 0 aromatic heterocycles. The predicted molar refractivity (Wildman–Crippen MR) is 134 cm³/mol. The van der Waals surface area contributed by atoms with Gasteiger partial charge in [0.25, 0.3) is 0 Å². The molecule has 1 atom stereocenters. The summed E-state index contributed by atoms with van der Waals surface area (Å²) in [7, 11) is 1.47. The van der Waals surface area contributed by atoms with E-state index >= 15 is 0 Å². The topological polar surface area (TPSA) is 38.7 Å². The zero-order valence-electron chi connectivity index (χ0n) is 18.8. The molecule has 0 saturated carbocycles. The Balaban J connectivity index is 0.000000174. The second-order valence-corrected chi connectivity index (χ2v) is 8.57. The smallest absolute Gasteiger partial charge is 0.309 e. The Morgan fingerprint density at radius 1 is 0.879 bits per heavy atom. The fourth-order valence-corrected chi connectivity index (χ4v) is 4.92. The molecule has 0 saturated heterocycles. The molecular formula is C30H27NO2. The zero-order valence-corrected chi connectivity index (χ0v) is 18.8. The van der Waals surface area contributed by atoms with Crippen molar-refractivity contribution < 1.29 is 9.53 Å². The number of benzene rings is 3. The van der Waals surface area contributed by atoms with Gasteiger partial charge in [-0.25, -0.2) is 0 Å². The van der Waals surface area contributed by atoms with E-state index in [9.17, 15) is 4.79 Å². The molecule has 33 heavy (non-hydrogen) atoms. The first-order valence-corrected chi connectivity index (χ1v) is 11.5. The Morgan fingerprint density at radius 3 is 2.64 bits per heavy atom. The van der Waals surface area contributed by atoms with Crippen LogP contribution < -0.4 is 10.4 Å². The minimum absolute atomic E-state index is 0.0406. The van der Waals surface area contributed by atoms with Crippen LogP contribution in [0.1, 0.15) is 28.7 Å². The lowest BCUT2D eigenvalue weighted by Gasteiger charge is -2.21. The van der Waals surface area contributed by atoms with Crippen LogP contribution in [0.15, 0.2) is 71.9 Å². The summed E-state index contributed by atoms with van der Waals surface area (Å²) in [4.78, 5) is 16.0. The Hall–Kier alpha value is -3.72. The number of esters is 1. The molecule has 0 fully saturated rings. The minimum atomic E-state index is -0.0975. The van der Waals surface area contributed by atoms with Gasteiger partial charge >= 0.3 is 5.97 Å². The summed E-state index contributed by atoms with van der Waals surface area (Å²) >= 11 is 0. The van der Waals surface area contributed by atoms with Crippen molar-refractivity contribution in [1.29, 1.82) is 0 Å². The SMILES string of the molecule is C1=Cc2ccccc2CC=N1.COC(=O)C1CC=c2ccc3c(c2C1)CC=c1ccccc1=3. The number of rotatable bonds is 1. The lowest BCUT2D eigenvalue weighted by atomic mass is 9.84. The van der Waals surface area contributed by atoms with E-state index in [0.717, 1.165) is 25.7 Å². The number of carbonyl (C=O) groups excluding carboxylic acids is 1. The third-order valence-corrected chi connectivity index (χ3v) is 6.66. The van der Waals surface area contributed by atoms with E-state index in [1.165, 1.54) is 50.2 Å². The van der Waals surface area contributed by atoms with Crippen molar-refractivity contribution in [1.82, 2.24) is 0 Å². The molecular weight excluding hydrogens is 406 g/mol. The van der Waals surface area contributed by atoms with Gasteiger partial charge in [-0.3, -0.25) is 9.79 Å². The Kier molecular flexibility index (Phi) is 6.03. The van der Waals surface area contributed by atoms with Crippen molar-refractivity contribution in [2.75, 3.05) is 7.11 Å². The van der Waals surface area contributed by atoms with Gasteiger partial charge in [0.2, 0.25) is 0 Å². The second kappa shape index (κ2) is 9.41. The van der Waals surface area contributed by atoms with Crippen LogP contribution in [-0.2, 0) is 28.8 Å². The molecule has 164 valence electrons. The van der Waals surface area contributed by atoms with Crippen molar-refractivity contribution >= 4 is 30.4 Å². The fourth-order valence-electron chi connectivity index (χ4n) is 4.92. The summed E-state index contributed by atoms with van der Waals surface area (Å²) < 4.78 is 4.94. The van der Waals surface area contributed by atoms with Crippen LogP contribution >= 0.6 is 0 Å². The van der Waals surface area contributed by atoms with Crippen LogP contribution in [0.2, 0.25) is 0 Å². The van der Waals surface area contributed by atoms with Gasteiger partial charge in [0.05, 0.1) is 13.0 Å². The molecule has 3 nitrogen and oxygen atoms in total. The van der Waals surface area contributed by atoms with Crippen LogP contribution in [0.25, 0.3) is 18.2 Å². The number of aliphatic imine (C=N–C) groups is 1. The highest BCUT2D eigenvalue weighted by Crippen LogP contribution is 2.22. The van der Waals surface area contributed by atoms with E-state index in [1.807, 2.05) is 18.5 Å². The summed E-state index contributed by atoms with van der Waals surface area (Å²) in [5.41, 5.74) is 5.33. The number of ether oxygens (including phenoxy) is 1. The second-order valence-electron chi connectivity index (χ2n) is 8.57. The summed E-state index contributed by atoms with van der Waals surface area (Å²) in [6.07, 6.45) is 13.7. The molecule has 0 bridgehead atoms. The van der Waals surface area contributed by atoms with Crippen LogP contribution in [-0.4, -0.2) is 19.3 Å². The van der Waals surface area contributed by atoms with E-state index in [-0.39, 0.29) is 11.9 Å². The maximum atomic E-state index is 11.9. The van der Waals surface area contributed by atoms with Crippen molar-refractivity contribution in [3.8, 4) is 0 Å².